The Labute approximate surface area is 106 Å². The van der Waals surface area contributed by atoms with Crippen LogP contribution in [0.25, 0.3) is 0 Å². The maximum absolute atomic E-state index is 11.4. The number of alkyl halides is 1. The Kier molecular flexibility index (Phi) is 4.26. The molecule has 0 atom stereocenters. The van der Waals surface area contributed by atoms with Crippen LogP contribution in [-0.2, 0) is 11.2 Å². The second-order valence-corrected chi connectivity index (χ2v) is 4.46. The topological polar surface area (TPSA) is 38.3 Å². The van der Waals surface area contributed by atoms with Gasteiger partial charge in [0.05, 0.1) is 12.3 Å². The van der Waals surface area contributed by atoms with E-state index in [1.807, 2.05) is 18.2 Å². The molecule has 1 aliphatic rings. The molecule has 4 heteroatoms. The minimum Gasteiger partial charge on any atom is -0.491 e. The number of aryl methyl sites for hydroxylation is 1. The SMILES string of the molecule is O=C1CCc2cccc(OCCCCCl)c2N1. The first-order chi connectivity index (χ1) is 8.31. The van der Waals surface area contributed by atoms with Crippen LogP contribution in [0.15, 0.2) is 18.2 Å². The number of rotatable bonds is 5. The third kappa shape index (κ3) is 3.13. The Hall–Kier alpha value is -1.22. The van der Waals surface area contributed by atoms with E-state index in [0.29, 0.717) is 18.9 Å². The molecule has 0 saturated carbocycles. The van der Waals surface area contributed by atoms with Crippen molar-refractivity contribution in [3.63, 3.8) is 0 Å². The van der Waals surface area contributed by atoms with Crippen LogP contribution in [0.1, 0.15) is 24.8 Å². The van der Waals surface area contributed by atoms with Gasteiger partial charge in [0.2, 0.25) is 5.91 Å². The van der Waals surface area contributed by atoms with Crippen LogP contribution in [-0.4, -0.2) is 18.4 Å². The summed E-state index contributed by atoms with van der Waals surface area (Å²) in [5.74, 6) is 1.49. The lowest BCUT2D eigenvalue weighted by atomic mass is 10.0. The highest BCUT2D eigenvalue weighted by Gasteiger charge is 2.18. The molecule has 3 nitrogen and oxygen atoms in total. The molecule has 1 heterocycles. The van der Waals surface area contributed by atoms with Gasteiger partial charge in [-0.05, 0) is 30.9 Å². The van der Waals surface area contributed by atoms with Crippen molar-refractivity contribution in [2.75, 3.05) is 17.8 Å². The van der Waals surface area contributed by atoms with Gasteiger partial charge in [0.25, 0.3) is 0 Å². The van der Waals surface area contributed by atoms with E-state index in [0.717, 1.165) is 36.3 Å². The molecule has 0 aromatic heterocycles. The maximum atomic E-state index is 11.4. The number of carbonyl (C=O) groups excluding carboxylic acids is 1. The number of ether oxygens (including phenoxy) is 1. The Morgan fingerprint density at radius 2 is 2.18 bits per heavy atom. The third-order valence-electron chi connectivity index (χ3n) is 2.78. The van der Waals surface area contributed by atoms with Crippen LogP contribution in [0.3, 0.4) is 0 Å². The lowest BCUT2D eigenvalue weighted by molar-refractivity contribution is -0.116. The Morgan fingerprint density at radius 1 is 1.29 bits per heavy atom. The fourth-order valence-electron chi connectivity index (χ4n) is 1.88. The first kappa shape index (κ1) is 12.2. The van der Waals surface area contributed by atoms with E-state index in [4.69, 9.17) is 16.3 Å². The quantitative estimate of drug-likeness (QED) is 0.647. The standard InChI is InChI=1S/C13H16ClNO2/c14-8-1-2-9-17-11-5-3-4-10-6-7-12(16)15-13(10)11/h3-5H,1-2,6-9H2,(H,15,16). The van der Waals surface area contributed by atoms with Gasteiger partial charge in [-0.3, -0.25) is 4.79 Å². The number of carbonyl (C=O) groups is 1. The molecular weight excluding hydrogens is 238 g/mol. The van der Waals surface area contributed by atoms with Crippen molar-refractivity contribution in [1.29, 1.82) is 0 Å². The molecule has 1 N–H and O–H groups in total. The zero-order valence-electron chi connectivity index (χ0n) is 9.67. The first-order valence-corrected chi connectivity index (χ1v) is 6.45. The lowest BCUT2D eigenvalue weighted by Crippen LogP contribution is -2.19. The number of anilines is 1. The number of fused-ring (bicyclic) bond motifs is 1. The number of unbranched alkanes of at least 4 members (excludes halogenated alkanes) is 1. The highest BCUT2D eigenvalue weighted by Crippen LogP contribution is 2.32. The molecule has 0 bridgehead atoms. The van der Waals surface area contributed by atoms with Gasteiger partial charge >= 0.3 is 0 Å². The van der Waals surface area contributed by atoms with Crippen molar-refractivity contribution in [3.05, 3.63) is 23.8 Å². The van der Waals surface area contributed by atoms with Crippen molar-refractivity contribution in [1.82, 2.24) is 0 Å². The van der Waals surface area contributed by atoms with Gasteiger partial charge in [0.1, 0.15) is 5.75 Å². The lowest BCUT2D eigenvalue weighted by Gasteiger charge is -2.20. The third-order valence-corrected chi connectivity index (χ3v) is 3.05. The summed E-state index contributed by atoms with van der Waals surface area (Å²) in [5.41, 5.74) is 1.99. The number of para-hydroxylation sites is 1. The number of hydrogen-bond acceptors (Lipinski definition) is 2. The van der Waals surface area contributed by atoms with E-state index in [1.54, 1.807) is 0 Å². The van der Waals surface area contributed by atoms with Crippen LogP contribution in [0.2, 0.25) is 0 Å². The summed E-state index contributed by atoms with van der Waals surface area (Å²) >= 11 is 5.61. The molecule has 1 aromatic rings. The van der Waals surface area contributed by atoms with Gasteiger partial charge in [-0.25, -0.2) is 0 Å². The molecule has 0 saturated heterocycles. The monoisotopic (exact) mass is 253 g/mol. The van der Waals surface area contributed by atoms with Gasteiger partial charge in [-0.15, -0.1) is 11.6 Å². The second-order valence-electron chi connectivity index (χ2n) is 4.08. The number of halogens is 1. The van der Waals surface area contributed by atoms with Crippen LogP contribution in [0.4, 0.5) is 5.69 Å². The van der Waals surface area contributed by atoms with Gasteiger partial charge in [0.15, 0.2) is 0 Å². The van der Waals surface area contributed by atoms with Crippen molar-refractivity contribution in [3.8, 4) is 5.75 Å². The van der Waals surface area contributed by atoms with Crippen LogP contribution in [0.5, 0.6) is 5.75 Å². The molecule has 1 aliphatic heterocycles. The molecular formula is C13H16ClNO2. The van der Waals surface area contributed by atoms with Crippen molar-refractivity contribution >= 4 is 23.2 Å². The predicted octanol–water partition coefficient (Wildman–Crippen LogP) is 2.97. The summed E-state index contributed by atoms with van der Waals surface area (Å²) in [6.45, 7) is 0.638. The smallest absolute Gasteiger partial charge is 0.224 e. The first-order valence-electron chi connectivity index (χ1n) is 5.92. The molecule has 0 radical (unpaired) electrons. The zero-order valence-corrected chi connectivity index (χ0v) is 10.4. The highest BCUT2D eigenvalue weighted by atomic mass is 35.5. The summed E-state index contributed by atoms with van der Waals surface area (Å²) in [7, 11) is 0. The fourth-order valence-corrected chi connectivity index (χ4v) is 2.06. The van der Waals surface area contributed by atoms with Gasteiger partial charge in [-0.2, -0.15) is 0 Å². The van der Waals surface area contributed by atoms with E-state index >= 15 is 0 Å². The highest BCUT2D eigenvalue weighted by molar-refractivity contribution is 6.17. The summed E-state index contributed by atoms with van der Waals surface area (Å²) in [6.07, 6.45) is 3.23. The van der Waals surface area contributed by atoms with Crippen LogP contribution >= 0.6 is 11.6 Å². The molecule has 92 valence electrons. The van der Waals surface area contributed by atoms with E-state index < -0.39 is 0 Å². The molecule has 1 amide bonds. The minimum absolute atomic E-state index is 0.0642. The molecule has 0 unspecified atom stereocenters. The van der Waals surface area contributed by atoms with Gasteiger partial charge in [-0.1, -0.05) is 12.1 Å². The van der Waals surface area contributed by atoms with Crippen molar-refractivity contribution in [2.45, 2.75) is 25.7 Å². The van der Waals surface area contributed by atoms with Crippen LogP contribution in [0, 0.1) is 0 Å². The molecule has 2 rings (SSSR count). The van der Waals surface area contributed by atoms with Gasteiger partial charge in [0, 0.05) is 12.3 Å². The molecule has 0 spiro atoms. The Morgan fingerprint density at radius 3 is 3.00 bits per heavy atom. The number of hydrogen-bond donors (Lipinski definition) is 1. The maximum Gasteiger partial charge on any atom is 0.224 e. The number of benzene rings is 1. The summed E-state index contributed by atoms with van der Waals surface area (Å²) < 4.78 is 5.68. The summed E-state index contributed by atoms with van der Waals surface area (Å²) in [4.78, 5) is 11.4. The number of nitrogens with one attached hydrogen (secondary N) is 1. The summed E-state index contributed by atoms with van der Waals surface area (Å²) in [6, 6.07) is 5.89. The Bertz CT molecular complexity index is 406. The largest absolute Gasteiger partial charge is 0.491 e. The summed E-state index contributed by atoms with van der Waals surface area (Å²) in [5, 5.41) is 2.88. The predicted molar refractivity (Wildman–Crippen MR) is 68.8 cm³/mol. The second kappa shape index (κ2) is 5.92. The molecule has 0 fully saturated rings. The van der Waals surface area contributed by atoms with E-state index in [2.05, 4.69) is 5.32 Å². The van der Waals surface area contributed by atoms with Crippen molar-refractivity contribution in [2.24, 2.45) is 0 Å². The number of amides is 1. The molecule has 0 aliphatic carbocycles. The minimum atomic E-state index is 0.0642. The van der Waals surface area contributed by atoms with Gasteiger partial charge < -0.3 is 10.1 Å². The zero-order chi connectivity index (χ0) is 12.1. The fraction of sp³-hybridized carbons (Fsp3) is 0.462. The molecule has 1 aromatic carbocycles. The molecule has 17 heavy (non-hydrogen) atoms. The van der Waals surface area contributed by atoms with E-state index in [9.17, 15) is 4.79 Å². The van der Waals surface area contributed by atoms with E-state index in [-0.39, 0.29) is 5.91 Å². The van der Waals surface area contributed by atoms with Crippen LogP contribution < -0.4 is 10.1 Å². The normalized spacial score (nSPS) is 14.1. The van der Waals surface area contributed by atoms with E-state index in [1.165, 1.54) is 0 Å². The van der Waals surface area contributed by atoms with Crippen molar-refractivity contribution < 1.29 is 9.53 Å². The average Bonchev–Trinajstić information content (AvgIpc) is 2.35. The average molecular weight is 254 g/mol. The Balaban J connectivity index is 2.04.